The van der Waals surface area contributed by atoms with Crippen molar-refractivity contribution in [2.24, 2.45) is 0 Å². The number of benzene rings is 1. The summed E-state index contributed by atoms with van der Waals surface area (Å²) in [5, 5.41) is 19.4. The van der Waals surface area contributed by atoms with Gasteiger partial charge in [0.2, 0.25) is 11.7 Å². The Labute approximate surface area is 120 Å². The Morgan fingerprint density at radius 1 is 1.29 bits per heavy atom. The molecular weight excluding hydrogens is 274 g/mol. The maximum atomic E-state index is 11.8. The van der Waals surface area contributed by atoms with E-state index in [2.05, 4.69) is 15.5 Å². The van der Waals surface area contributed by atoms with Crippen molar-refractivity contribution in [1.82, 2.24) is 10.2 Å². The number of fused-ring (bicyclic) bond motifs is 1. The summed E-state index contributed by atoms with van der Waals surface area (Å²) in [6.45, 7) is 0. The van der Waals surface area contributed by atoms with Gasteiger partial charge in [-0.15, -0.1) is 0 Å². The molecule has 0 saturated carbocycles. The minimum atomic E-state index is -0.170. The average Bonchev–Trinajstić information content (AvgIpc) is 2.94. The van der Waals surface area contributed by atoms with Gasteiger partial charge in [0, 0.05) is 17.9 Å². The summed E-state index contributed by atoms with van der Waals surface area (Å²) in [6.07, 6.45) is 1.98. The van der Waals surface area contributed by atoms with Crippen LogP contribution in [-0.4, -0.2) is 35.4 Å². The number of aromatic hydroxyl groups is 1. The molecule has 21 heavy (non-hydrogen) atoms. The van der Waals surface area contributed by atoms with Crippen molar-refractivity contribution in [3.05, 3.63) is 29.5 Å². The van der Waals surface area contributed by atoms with Gasteiger partial charge in [-0.25, -0.2) is 0 Å². The fraction of sp³-hybridized carbons (Fsp3) is 0.286. The third kappa shape index (κ3) is 2.16. The summed E-state index contributed by atoms with van der Waals surface area (Å²) < 4.78 is 10.3. The van der Waals surface area contributed by atoms with Gasteiger partial charge in [-0.05, 0) is 17.7 Å². The zero-order valence-electron chi connectivity index (χ0n) is 11.6. The molecule has 0 fully saturated rings. The molecule has 0 saturated heterocycles. The summed E-state index contributed by atoms with van der Waals surface area (Å²) in [6, 6.07) is 3.41. The van der Waals surface area contributed by atoms with Gasteiger partial charge in [-0.3, -0.25) is 9.89 Å². The number of aromatic amines is 1. The summed E-state index contributed by atoms with van der Waals surface area (Å²) >= 11 is 0. The van der Waals surface area contributed by atoms with Crippen LogP contribution in [0.15, 0.2) is 18.3 Å². The lowest BCUT2D eigenvalue weighted by Crippen LogP contribution is -2.23. The molecule has 0 radical (unpaired) electrons. The van der Waals surface area contributed by atoms with Crippen molar-refractivity contribution < 1.29 is 19.4 Å². The predicted octanol–water partition coefficient (Wildman–Crippen LogP) is 1.61. The molecule has 3 N–H and O–H groups in total. The van der Waals surface area contributed by atoms with Crippen molar-refractivity contribution in [2.75, 3.05) is 19.5 Å². The Morgan fingerprint density at radius 3 is 2.57 bits per heavy atom. The standard InChI is InChI=1S/C14H15N3O4/c1-20-10-3-7(4-11(21-2)13(10)19)8-5-12(18)16-14-9(8)6-15-17-14/h3-4,6,8,19H,5H2,1-2H3,(H2,15,16,17,18). The number of nitrogens with one attached hydrogen (secondary N) is 2. The number of amides is 1. The summed E-state index contributed by atoms with van der Waals surface area (Å²) in [5.74, 6) is 0.887. The van der Waals surface area contributed by atoms with Crippen LogP contribution in [0.2, 0.25) is 0 Å². The van der Waals surface area contributed by atoms with Gasteiger partial charge >= 0.3 is 0 Å². The Balaban J connectivity index is 2.11. The van der Waals surface area contributed by atoms with Crippen LogP contribution in [0.1, 0.15) is 23.5 Å². The van der Waals surface area contributed by atoms with Gasteiger partial charge in [0.1, 0.15) is 5.82 Å². The molecule has 1 aromatic carbocycles. The van der Waals surface area contributed by atoms with Crippen LogP contribution >= 0.6 is 0 Å². The Morgan fingerprint density at radius 2 is 1.95 bits per heavy atom. The number of carbonyl (C=O) groups is 1. The number of rotatable bonds is 3. The van der Waals surface area contributed by atoms with E-state index < -0.39 is 0 Å². The molecule has 1 atom stereocenters. The second-order valence-corrected chi connectivity index (χ2v) is 4.78. The first-order valence-electron chi connectivity index (χ1n) is 6.42. The number of phenols is 1. The lowest BCUT2D eigenvalue weighted by Gasteiger charge is -2.23. The molecule has 1 aromatic heterocycles. The summed E-state index contributed by atoms with van der Waals surface area (Å²) in [4.78, 5) is 11.8. The van der Waals surface area contributed by atoms with Gasteiger partial charge in [-0.2, -0.15) is 5.10 Å². The molecule has 110 valence electrons. The van der Waals surface area contributed by atoms with Crippen LogP contribution < -0.4 is 14.8 Å². The number of ether oxygens (including phenoxy) is 2. The monoisotopic (exact) mass is 289 g/mol. The molecule has 7 heteroatoms. The Kier molecular flexibility index (Phi) is 3.17. The lowest BCUT2D eigenvalue weighted by molar-refractivity contribution is -0.116. The van der Waals surface area contributed by atoms with Gasteiger partial charge < -0.3 is 19.9 Å². The molecule has 1 aliphatic heterocycles. The molecule has 0 aliphatic carbocycles. The number of anilines is 1. The van der Waals surface area contributed by atoms with E-state index >= 15 is 0 Å². The Bertz CT molecular complexity index is 670. The number of H-pyrrole nitrogens is 1. The highest BCUT2D eigenvalue weighted by atomic mass is 16.5. The van der Waals surface area contributed by atoms with E-state index in [9.17, 15) is 9.90 Å². The normalized spacial score (nSPS) is 17.0. The number of hydrogen-bond acceptors (Lipinski definition) is 5. The first-order valence-corrected chi connectivity index (χ1v) is 6.42. The SMILES string of the molecule is COc1cc(C2CC(=O)Nc3[nH]ncc32)cc(OC)c1O. The van der Waals surface area contributed by atoms with E-state index in [-0.39, 0.29) is 17.6 Å². The van der Waals surface area contributed by atoms with Crippen molar-refractivity contribution in [2.45, 2.75) is 12.3 Å². The van der Waals surface area contributed by atoms with Crippen LogP contribution in [-0.2, 0) is 4.79 Å². The fourth-order valence-corrected chi connectivity index (χ4v) is 2.56. The zero-order chi connectivity index (χ0) is 15.0. The third-order valence-corrected chi connectivity index (χ3v) is 3.60. The molecule has 3 rings (SSSR count). The molecular formula is C14H15N3O4. The van der Waals surface area contributed by atoms with E-state index in [4.69, 9.17) is 9.47 Å². The first-order chi connectivity index (χ1) is 10.1. The maximum absolute atomic E-state index is 11.8. The third-order valence-electron chi connectivity index (χ3n) is 3.60. The van der Waals surface area contributed by atoms with Crippen LogP contribution in [0.25, 0.3) is 0 Å². The van der Waals surface area contributed by atoms with E-state index in [1.165, 1.54) is 14.2 Å². The highest BCUT2D eigenvalue weighted by molar-refractivity contribution is 5.94. The molecule has 1 amide bonds. The lowest BCUT2D eigenvalue weighted by atomic mass is 9.87. The van der Waals surface area contributed by atoms with Crippen LogP contribution in [0.4, 0.5) is 5.82 Å². The molecule has 2 heterocycles. The molecule has 1 aliphatic rings. The van der Waals surface area contributed by atoms with E-state index in [0.29, 0.717) is 23.7 Å². The first kappa shape index (κ1) is 13.3. The second-order valence-electron chi connectivity index (χ2n) is 4.78. The summed E-state index contributed by atoms with van der Waals surface area (Å²) in [7, 11) is 2.93. The minimum Gasteiger partial charge on any atom is -0.502 e. The largest absolute Gasteiger partial charge is 0.502 e. The molecule has 7 nitrogen and oxygen atoms in total. The second kappa shape index (κ2) is 5.01. The van der Waals surface area contributed by atoms with E-state index in [1.807, 2.05) is 0 Å². The number of hydrogen-bond donors (Lipinski definition) is 3. The highest BCUT2D eigenvalue weighted by Gasteiger charge is 2.29. The fourth-order valence-electron chi connectivity index (χ4n) is 2.56. The zero-order valence-corrected chi connectivity index (χ0v) is 11.6. The van der Waals surface area contributed by atoms with Crippen molar-refractivity contribution in [3.63, 3.8) is 0 Å². The van der Waals surface area contributed by atoms with Crippen LogP contribution in [0, 0.1) is 0 Å². The molecule has 0 spiro atoms. The predicted molar refractivity (Wildman–Crippen MR) is 74.9 cm³/mol. The number of carbonyl (C=O) groups excluding carboxylic acids is 1. The number of phenolic OH excluding ortho intramolecular Hbond substituents is 1. The van der Waals surface area contributed by atoms with Crippen molar-refractivity contribution >= 4 is 11.7 Å². The smallest absolute Gasteiger partial charge is 0.226 e. The Hall–Kier alpha value is -2.70. The number of nitrogens with zero attached hydrogens (tertiary/aromatic N) is 1. The molecule has 1 unspecified atom stereocenters. The topological polar surface area (TPSA) is 96.5 Å². The minimum absolute atomic E-state index is 0.0589. The summed E-state index contributed by atoms with van der Waals surface area (Å²) in [5.41, 5.74) is 1.71. The van der Waals surface area contributed by atoms with E-state index in [0.717, 1.165) is 11.1 Å². The van der Waals surface area contributed by atoms with E-state index in [1.54, 1.807) is 18.3 Å². The quantitative estimate of drug-likeness (QED) is 0.797. The van der Waals surface area contributed by atoms with Crippen molar-refractivity contribution in [1.29, 1.82) is 0 Å². The van der Waals surface area contributed by atoms with Gasteiger partial charge in [0.25, 0.3) is 0 Å². The highest BCUT2D eigenvalue weighted by Crippen LogP contribution is 2.43. The van der Waals surface area contributed by atoms with Crippen LogP contribution in [0.5, 0.6) is 17.2 Å². The van der Waals surface area contributed by atoms with Gasteiger partial charge in [0.05, 0.1) is 20.4 Å². The number of aromatic nitrogens is 2. The average molecular weight is 289 g/mol. The van der Waals surface area contributed by atoms with Gasteiger partial charge in [-0.1, -0.05) is 0 Å². The van der Waals surface area contributed by atoms with Gasteiger partial charge in [0.15, 0.2) is 11.5 Å². The van der Waals surface area contributed by atoms with Crippen LogP contribution in [0.3, 0.4) is 0 Å². The maximum Gasteiger partial charge on any atom is 0.226 e. The molecule has 0 bridgehead atoms. The van der Waals surface area contributed by atoms with Crippen molar-refractivity contribution in [3.8, 4) is 17.2 Å². The molecule has 2 aromatic rings. The number of methoxy groups -OCH3 is 2.